The number of alkyl halides is 1. The molecule has 4 aliphatic carbocycles. The summed E-state index contributed by atoms with van der Waals surface area (Å²) in [4.78, 5) is 24.1. The largest absolute Gasteiger partial charge is 0.393 e. The van der Waals surface area contributed by atoms with Crippen LogP contribution in [0.25, 0.3) is 0 Å². The van der Waals surface area contributed by atoms with E-state index in [0.29, 0.717) is 19.3 Å². The van der Waals surface area contributed by atoms with Gasteiger partial charge in [-0.05, 0) is 67.8 Å². The highest BCUT2D eigenvalue weighted by Crippen LogP contribution is 2.67. The first-order valence-corrected chi connectivity index (χ1v) is 9.91. The van der Waals surface area contributed by atoms with Crippen LogP contribution in [0.15, 0.2) is 11.6 Å². The van der Waals surface area contributed by atoms with E-state index in [1.807, 2.05) is 6.92 Å². The van der Waals surface area contributed by atoms with Crippen LogP contribution >= 0.6 is 0 Å². The van der Waals surface area contributed by atoms with Crippen LogP contribution in [0, 0.1) is 28.6 Å². The monoisotopic (exact) mass is 364 g/mol. The molecule has 0 bridgehead atoms. The number of aliphatic hydroxyl groups excluding tert-OH is 1. The molecule has 2 N–H and O–H groups in total. The van der Waals surface area contributed by atoms with Gasteiger partial charge in [0, 0.05) is 11.8 Å². The van der Waals surface area contributed by atoms with Gasteiger partial charge in [-0.2, -0.15) is 0 Å². The van der Waals surface area contributed by atoms with E-state index in [2.05, 4.69) is 6.92 Å². The van der Waals surface area contributed by atoms with Crippen molar-refractivity contribution in [3.8, 4) is 0 Å². The average Bonchev–Trinajstić information content (AvgIpc) is 2.86. The number of aliphatic hydroxyl groups is 2. The first-order chi connectivity index (χ1) is 12.2. The highest BCUT2D eigenvalue weighted by Gasteiger charge is 2.68. The van der Waals surface area contributed by atoms with Gasteiger partial charge in [0.1, 0.15) is 5.60 Å². The van der Waals surface area contributed by atoms with E-state index in [4.69, 9.17) is 0 Å². The molecule has 0 aromatic rings. The summed E-state index contributed by atoms with van der Waals surface area (Å²) < 4.78 is 13.2. The van der Waals surface area contributed by atoms with Crippen LogP contribution in [0.1, 0.15) is 58.8 Å². The summed E-state index contributed by atoms with van der Waals surface area (Å²) in [5, 5.41) is 22.2. The fourth-order valence-electron chi connectivity index (χ4n) is 7.26. The summed E-state index contributed by atoms with van der Waals surface area (Å²) in [5.74, 6) is -0.224. The van der Waals surface area contributed by atoms with E-state index in [0.717, 1.165) is 24.8 Å². The lowest BCUT2D eigenvalue weighted by atomic mass is 9.45. The Morgan fingerprint density at radius 2 is 2.00 bits per heavy atom. The molecule has 0 amide bonds. The second-order valence-corrected chi connectivity index (χ2v) is 9.53. The van der Waals surface area contributed by atoms with Gasteiger partial charge in [0.05, 0.1) is 6.10 Å². The summed E-state index contributed by atoms with van der Waals surface area (Å²) in [6, 6.07) is 0. The molecule has 0 spiro atoms. The fraction of sp³-hybridized carbons (Fsp3) is 0.810. The predicted molar refractivity (Wildman–Crippen MR) is 94.0 cm³/mol. The Morgan fingerprint density at radius 3 is 2.69 bits per heavy atom. The molecule has 0 aliphatic heterocycles. The Morgan fingerprint density at radius 1 is 1.27 bits per heavy atom. The number of halogens is 1. The van der Waals surface area contributed by atoms with Gasteiger partial charge >= 0.3 is 0 Å². The summed E-state index contributed by atoms with van der Waals surface area (Å²) in [5.41, 5.74) is -1.48. The Kier molecular flexibility index (Phi) is 4.02. The molecule has 0 unspecified atom stereocenters. The number of allylic oxidation sites excluding steroid dienone is 1. The Bertz CT molecular complexity index is 687. The van der Waals surface area contributed by atoms with Crippen molar-refractivity contribution in [1.29, 1.82) is 0 Å². The van der Waals surface area contributed by atoms with Crippen LogP contribution in [0.4, 0.5) is 4.39 Å². The Balaban J connectivity index is 1.74. The zero-order valence-electron chi connectivity index (χ0n) is 15.6. The smallest absolute Gasteiger partial charge is 0.195 e. The van der Waals surface area contributed by atoms with Gasteiger partial charge in [-0.25, -0.2) is 4.39 Å². The zero-order valence-corrected chi connectivity index (χ0v) is 15.6. The molecule has 4 aliphatic rings. The van der Waals surface area contributed by atoms with Gasteiger partial charge < -0.3 is 10.2 Å². The van der Waals surface area contributed by atoms with E-state index in [9.17, 15) is 24.2 Å². The van der Waals surface area contributed by atoms with Crippen LogP contribution in [0.3, 0.4) is 0 Å². The molecular weight excluding hydrogens is 335 g/mol. The molecule has 0 heterocycles. The van der Waals surface area contributed by atoms with Crippen LogP contribution in [-0.4, -0.2) is 40.2 Å². The molecule has 0 saturated heterocycles. The van der Waals surface area contributed by atoms with Crippen molar-refractivity contribution in [3.05, 3.63) is 11.6 Å². The number of carbonyl (C=O) groups excluding carboxylic acids is 2. The van der Waals surface area contributed by atoms with Gasteiger partial charge in [-0.3, -0.25) is 9.59 Å². The van der Waals surface area contributed by atoms with Crippen molar-refractivity contribution in [2.75, 3.05) is 6.67 Å². The normalized spacial score (nSPS) is 50.5. The molecule has 7 atom stereocenters. The predicted octanol–water partition coefficient (Wildman–Crippen LogP) is 2.76. The lowest BCUT2D eigenvalue weighted by Crippen LogP contribution is -2.61. The third-order valence-corrected chi connectivity index (χ3v) is 8.63. The zero-order chi connectivity index (χ0) is 18.9. The van der Waals surface area contributed by atoms with E-state index in [-0.39, 0.29) is 35.4 Å². The van der Waals surface area contributed by atoms with Crippen LogP contribution in [0.2, 0.25) is 0 Å². The number of carbonyl (C=O) groups is 2. The quantitative estimate of drug-likeness (QED) is 0.790. The summed E-state index contributed by atoms with van der Waals surface area (Å²) in [7, 11) is 0. The molecule has 26 heavy (non-hydrogen) atoms. The maximum Gasteiger partial charge on any atom is 0.195 e. The van der Waals surface area contributed by atoms with Crippen molar-refractivity contribution in [2.24, 2.45) is 28.6 Å². The summed E-state index contributed by atoms with van der Waals surface area (Å²) >= 11 is 0. The third-order valence-electron chi connectivity index (χ3n) is 8.63. The molecule has 144 valence electrons. The number of hydrogen-bond acceptors (Lipinski definition) is 4. The number of hydrogen-bond donors (Lipinski definition) is 2. The van der Waals surface area contributed by atoms with Gasteiger partial charge in [0.25, 0.3) is 0 Å². The van der Waals surface area contributed by atoms with Crippen molar-refractivity contribution in [2.45, 2.75) is 70.5 Å². The highest BCUT2D eigenvalue weighted by molar-refractivity contribution is 5.91. The second-order valence-electron chi connectivity index (χ2n) is 9.53. The number of Topliss-reactive ketones (excluding diaryl/α,β-unsaturated/α-hetero) is 1. The van der Waals surface area contributed by atoms with E-state index in [1.54, 1.807) is 6.08 Å². The van der Waals surface area contributed by atoms with Crippen molar-refractivity contribution >= 4 is 11.6 Å². The van der Waals surface area contributed by atoms with Gasteiger partial charge in [0.15, 0.2) is 18.2 Å². The Labute approximate surface area is 153 Å². The molecule has 0 radical (unpaired) electrons. The first kappa shape index (κ1) is 18.3. The number of rotatable bonds is 2. The van der Waals surface area contributed by atoms with Crippen LogP contribution in [-0.2, 0) is 9.59 Å². The first-order valence-electron chi connectivity index (χ1n) is 9.91. The van der Waals surface area contributed by atoms with E-state index < -0.39 is 29.6 Å². The molecule has 4 nitrogen and oxygen atoms in total. The van der Waals surface area contributed by atoms with Crippen LogP contribution in [0.5, 0.6) is 0 Å². The average molecular weight is 364 g/mol. The van der Waals surface area contributed by atoms with Gasteiger partial charge in [-0.1, -0.05) is 19.4 Å². The minimum atomic E-state index is -1.67. The van der Waals surface area contributed by atoms with E-state index >= 15 is 0 Å². The van der Waals surface area contributed by atoms with Gasteiger partial charge in [0.2, 0.25) is 0 Å². The van der Waals surface area contributed by atoms with Gasteiger partial charge in [-0.15, -0.1) is 0 Å². The standard InChI is InChI=1S/C21H29FO4/c1-19-7-5-13(23)9-12(19)3-4-14-15-6-8-21(26,17(25)11-22)20(15,2)10-16(24)18(14)19/h9,14-16,18,24,26H,3-8,10-11H2,1-2H3/t14-,15-,16-,18+,19-,20-,21+/m0/s1. The van der Waals surface area contributed by atoms with Crippen molar-refractivity contribution in [1.82, 2.24) is 0 Å². The van der Waals surface area contributed by atoms with Crippen LogP contribution < -0.4 is 0 Å². The maximum atomic E-state index is 13.2. The molecule has 0 aromatic carbocycles. The SMILES string of the molecule is C[C@]12CCC(=O)C=C1CC[C@@H]1[C@@H]2[C@@H](O)C[C@@]2(C)[C@H]1CC[C@@]2(O)C(=O)CF. The third kappa shape index (κ3) is 2.13. The minimum Gasteiger partial charge on any atom is -0.393 e. The second kappa shape index (κ2) is 5.71. The van der Waals surface area contributed by atoms with Crippen molar-refractivity contribution in [3.63, 3.8) is 0 Å². The topological polar surface area (TPSA) is 74.6 Å². The molecule has 0 aromatic heterocycles. The molecular formula is C21H29FO4. The lowest BCUT2D eigenvalue weighted by molar-refractivity contribution is -0.181. The molecule has 3 fully saturated rings. The molecule has 3 saturated carbocycles. The molecule has 4 rings (SSSR count). The maximum absolute atomic E-state index is 13.2. The summed E-state index contributed by atoms with van der Waals surface area (Å²) in [6.07, 6.45) is 5.39. The number of fused-ring (bicyclic) bond motifs is 5. The lowest BCUT2D eigenvalue weighted by Gasteiger charge is -2.60. The fourth-order valence-corrected chi connectivity index (χ4v) is 7.26. The van der Waals surface area contributed by atoms with E-state index in [1.165, 1.54) is 0 Å². The number of ketones is 2. The summed E-state index contributed by atoms with van der Waals surface area (Å²) in [6.45, 7) is 2.88. The minimum absolute atomic E-state index is 0.0384. The Hall–Kier alpha value is -1.07. The highest BCUT2D eigenvalue weighted by atomic mass is 19.1. The molecule has 5 heteroatoms. The van der Waals surface area contributed by atoms with Crippen molar-refractivity contribution < 1.29 is 24.2 Å².